The zero-order chi connectivity index (χ0) is 15.9. The number of rotatable bonds is 9. The number of ether oxygens (including phenoxy) is 1. The maximum atomic E-state index is 13.4. The standard InChI is InChI=1S/C11H15FN2O6S/c12-10-8-9(2-3-11(10)14(16)17)21(18,19)13-4-1-6-20-7-5-15/h2-3,8,13,15H,1,4-7H2. The average Bonchev–Trinajstić information content (AvgIpc) is 2.42. The van der Waals surface area contributed by atoms with Crippen LogP contribution < -0.4 is 4.72 Å². The zero-order valence-electron chi connectivity index (χ0n) is 11.0. The van der Waals surface area contributed by atoms with Crippen molar-refractivity contribution in [1.29, 1.82) is 0 Å². The van der Waals surface area contributed by atoms with Crippen molar-refractivity contribution in [1.82, 2.24) is 4.72 Å². The highest BCUT2D eigenvalue weighted by Crippen LogP contribution is 2.20. The van der Waals surface area contributed by atoms with Gasteiger partial charge in [-0.3, -0.25) is 10.1 Å². The van der Waals surface area contributed by atoms with Crippen molar-refractivity contribution in [3.8, 4) is 0 Å². The molecular formula is C11H15FN2O6S. The van der Waals surface area contributed by atoms with Gasteiger partial charge in [0.25, 0.3) is 0 Å². The fourth-order valence-electron chi connectivity index (χ4n) is 1.43. The normalized spacial score (nSPS) is 11.5. The molecule has 0 amide bonds. The summed E-state index contributed by atoms with van der Waals surface area (Å²) in [6, 6.07) is 2.36. The van der Waals surface area contributed by atoms with Gasteiger partial charge >= 0.3 is 5.69 Å². The summed E-state index contributed by atoms with van der Waals surface area (Å²) in [6.07, 6.45) is 0.370. The third-order valence-electron chi connectivity index (χ3n) is 2.42. The van der Waals surface area contributed by atoms with Gasteiger partial charge in [-0.2, -0.15) is 4.39 Å². The van der Waals surface area contributed by atoms with Crippen LogP contribution in [0.2, 0.25) is 0 Å². The van der Waals surface area contributed by atoms with Crippen LogP contribution in [-0.4, -0.2) is 44.8 Å². The van der Waals surface area contributed by atoms with Crippen LogP contribution >= 0.6 is 0 Å². The van der Waals surface area contributed by atoms with Gasteiger partial charge in [0.05, 0.1) is 23.0 Å². The lowest BCUT2D eigenvalue weighted by Crippen LogP contribution is -2.25. The molecule has 0 fully saturated rings. The lowest BCUT2D eigenvalue weighted by molar-refractivity contribution is -0.387. The summed E-state index contributed by atoms with van der Waals surface area (Å²) in [7, 11) is -3.94. The van der Waals surface area contributed by atoms with E-state index in [-0.39, 0.29) is 31.3 Å². The molecule has 0 spiro atoms. The Labute approximate surface area is 120 Å². The topological polar surface area (TPSA) is 119 Å². The molecule has 0 atom stereocenters. The fourth-order valence-corrected chi connectivity index (χ4v) is 2.52. The molecule has 0 aliphatic rings. The number of hydrogen-bond acceptors (Lipinski definition) is 6. The van der Waals surface area contributed by atoms with Crippen molar-refractivity contribution in [3.63, 3.8) is 0 Å². The van der Waals surface area contributed by atoms with Crippen molar-refractivity contribution in [2.24, 2.45) is 0 Å². The third kappa shape index (κ3) is 5.34. The van der Waals surface area contributed by atoms with E-state index in [2.05, 4.69) is 4.72 Å². The minimum Gasteiger partial charge on any atom is -0.394 e. The second-order valence-corrected chi connectivity index (χ2v) is 5.72. The Bertz CT molecular complexity index is 592. The Hall–Kier alpha value is -1.62. The Balaban J connectivity index is 2.62. The lowest BCUT2D eigenvalue weighted by Gasteiger charge is -2.07. The minimum atomic E-state index is -3.94. The second kappa shape index (κ2) is 7.98. The van der Waals surface area contributed by atoms with E-state index in [1.807, 2.05) is 0 Å². The molecule has 21 heavy (non-hydrogen) atoms. The monoisotopic (exact) mass is 322 g/mol. The molecule has 10 heteroatoms. The van der Waals surface area contributed by atoms with Crippen LogP contribution in [0.1, 0.15) is 6.42 Å². The lowest BCUT2D eigenvalue weighted by atomic mass is 10.3. The Morgan fingerprint density at radius 3 is 2.67 bits per heavy atom. The van der Waals surface area contributed by atoms with Crippen molar-refractivity contribution in [2.75, 3.05) is 26.4 Å². The molecule has 0 radical (unpaired) electrons. The third-order valence-corrected chi connectivity index (χ3v) is 3.88. The first-order valence-corrected chi connectivity index (χ1v) is 7.49. The quantitative estimate of drug-likeness (QED) is 0.386. The van der Waals surface area contributed by atoms with Gasteiger partial charge in [-0.25, -0.2) is 13.1 Å². The van der Waals surface area contributed by atoms with Crippen LogP contribution in [0.3, 0.4) is 0 Å². The van der Waals surface area contributed by atoms with Gasteiger partial charge in [-0.05, 0) is 12.5 Å². The summed E-state index contributed by atoms with van der Waals surface area (Å²) in [5, 5.41) is 18.9. The number of aliphatic hydroxyl groups excluding tert-OH is 1. The molecule has 0 aromatic heterocycles. The number of hydrogen-bond donors (Lipinski definition) is 2. The number of sulfonamides is 1. The molecule has 0 saturated carbocycles. The predicted octanol–water partition coefficient (Wildman–Crippen LogP) is 0.411. The molecule has 8 nitrogen and oxygen atoms in total. The SMILES string of the molecule is O=[N+]([O-])c1ccc(S(=O)(=O)NCCCOCCO)cc1F. The Morgan fingerprint density at radius 2 is 2.10 bits per heavy atom. The molecule has 1 rings (SSSR count). The summed E-state index contributed by atoms with van der Waals surface area (Å²) in [4.78, 5) is 9.13. The van der Waals surface area contributed by atoms with Gasteiger partial charge in [0.1, 0.15) is 0 Å². The van der Waals surface area contributed by atoms with Gasteiger partial charge in [0, 0.05) is 25.3 Å². The number of nitrogens with one attached hydrogen (secondary N) is 1. The molecular weight excluding hydrogens is 307 g/mol. The minimum absolute atomic E-state index is 0.0619. The molecule has 1 aromatic rings. The van der Waals surface area contributed by atoms with Gasteiger partial charge in [-0.1, -0.05) is 0 Å². The summed E-state index contributed by atoms with van der Waals surface area (Å²) in [6.45, 7) is 0.373. The molecule has 118 valence electrons. The Kier molecular flexibility index (Phi) is 6.62. The van der Waals surface area contributed by atoms with E-state index in [1.54, 1.807) is 0 Å². The van der Waals surface area contributed by atoms with Crippen LogP contribution in [0.4, 0.5) is 10.1 Å². The number of nitrogens with zero attached hydrogens (tertiary/aromatic N) is 1. The van der Waals surface area contributed by atoms with Crippen LogP contribution in [0, 0.1) is 15.9 Å². The van der Waals surface area contributed by atoms with Crippen molar-refractivity contribution in [2.45, 2.75) is 11.3 Å². The average molecular weight is 322 g/mol. The highest BCUT2D eigenvalue weighted by molar-refractivity contribution is 7.89. The molecule has 2 N–H and O–H groups in total. The molecule has 0 saturated heterocycles. The first-order chi connectivity index (χ1) is 9.88. The van der Waals surface area contributed by atoms with Crippen LogP contribution in [0.15, 0.2) is 23.1 Å². The number of aliphatic hydroxyl groups is 1. The van der Waals surface area contributed by atoms with E-state index in [4.69, 9.17) is 9.84 Å². The molecule has 0 heterocycles. The van der Waals surface area contributed by atoms with E-state index in [1.165, 1.54) is 0 Å². The first-order valence-electron chi connectivity index (χ1n) is 6.00. The van der Waals surface area contributed by atoms with Gasteiger partial charge in [0.15, 0.2) is 0 Å². The summed E-state index contributed by atoms with van der Waals surface area (Å²) >= 11 is 0. The van der Waals surface area contributed by atoms with Crippen LogP contribution in [0.5, 0.6) is 0 Å². The largest absolute Gasteiger partial charge is 0.394 e. The van der Waals surface area contributed by atoms with E-state index in [0.717, 1.165) is 12.1 Å². The van der Waals surface area contributed by atoms with Crippen molar-refractivity contribution in [3.05, 3.63) is 34.1 Å². The number of nitro benzene ring substituents is 1. The zero-order valence-corrected chi connectivity index (χ0v) is 11.8. The molecule has 0 aliphatic heterocycles. The molecule has 0 unspecified atom stereocenters. The Morgan fingerprint density at radius 1 is 1.38 bits per heavy atom. The predicted molar refractivity (Wildman–Crippen MR) is 70.8 cm³/mol. The van der Waals surface area contributed by atoms with Crippen molar-refractivity contribution >= 4 is 15.7 Å². The fraction of sp³-hybridized carbons (Fsp3) is 0.455. The van der Waals surface area contributed by atoms with E-state index >= 15 is 0 Å². The van der Waals surface area contributed by atoms with Crippen LogP contribution in [0.25, 0.3) is 0 Å². The van der Waals surface area contributed by atoms with Crippen molar-refractivity contribution < 1.29 is 27.6 Å². The maximum Gasteiger partial charge on any atom is 0.304 e. The highest BCUT2D eigenvalue weighted by atomic mass is 32.2. The van der Waals surface area contributed by atoms with Gasteiger partial charge < -0.3 is 9.84 Å². The highest BCUT2D eigenvalue weighted by Gasteiger charge is 2.20. The number of benzene rings is 1. The second-order valence-electron chi connectivity index (χ2n) is 3.96. The number of halogens is 1. The van der Waals surface area contributed by atoms with Gasteiger partial charge in [-0.15, -0.1) is 0 Å². The number of nitro groups is 1. The molecule has 0 aliphatic carbocycles. The van der Waals surface area contributed by atoms with Crippen LogP contribution in [-0.2, 0) is 14.8 Å². The maximum absolute atomic E-state index is 13.4. The van der Waals surface area contributed by atoms with Gasteiger partial charge in [0.2, 0.25) is 15.8 Å². The summed E-state index contributed by atoms with van der Waals surface area (Å²) < 4.78 is 44.2. The van der Waals surface area contributed by atoms with E-state index in [0.29, 0.717) is 12.5 Å². The molecule has 1 aromatic carbocycles. The smallest absolute Gasteiger partial charge is 0.304 e. The van der Waals surface area contributed by atoms with E-state index < -0.39 is 26.5 Å². The summed E-state index contributed by atoms with van der Waals surface area (Å²) in [5.41, 5.74) is -0.786. The van der Waals surface area contributed by atoms with E-state index in [9.17, 15) is 22.9 Å². The first kappa shape index (κ1) is 17.4. The molecule has 0 bridgehead atoms. The summed E-state index contributed by atoms with van der Waals surface area (Å²) in [5.74, 6) is -1.21.